The van der Waals surface area contributed by atoms with Gasteiger partial charge in [-0.1, -0.05) is 73.2 Å². The minimum Gasteiger partial charge on any atom is -0.338 e. The van der Waals surface area contributed by atoms with Crippen LogP contribution in [0.3, 0.4) is 0 Å². The lowest BCUT2D eigenvalue weighted by Crippen LogP contribution is -2.27. The van der Waals surface area contributed by atoms with Crippen LogP contribution in [0.1, 0.15) is 50.0 Å². The first-order chi connectivity index (χ1) is 14.0. The standard InChI is InChI=1S/C22H22N4O2S/c1-14(2)20-24-19(28-25-20)13-29-22-23-18-12-8-7-11-17(18)21(27)26(22)15(3)16-9-5-4-6-10-16/h4-12,14-15H,13H2,1-3H3/t15-/m1/s1. The van der Waals surface area contributed by atoms with E-state index in [1.807, 2.05) is 75.4 Å². The number of aromatic nitrogens is 4. The molecular formula is C22H22N4O2S. The van der Waals surface area contributed by atoms with E-state index >= 15 is 0 Å². The third-order valence-corrected chi connectivity index (χ3v) is 5.71. The van der Waals surface area contributed by atoms with Crippen LogP contribution in [0.4, 0.5) is 0 Å². The Morgan fingerprint density at radius 3 is 2.45 bits per heavy atom. The maximum atomic E-state index is 13.3. The molecule has 0 amide bonds. The molecule has 0 aliphatic carbocycles. The second-order valence-electron chi connectivity index (χ2n) is 7.16. The third kappa shape index (κ3) is 3.96. The molecule has 148 valence electrons. The van der Waals surface area contributed by atoms with Crippen molar-refractivity contribution < 1.29 is 4.52 Å². The summed E-state index contributed by atoms with van der Waals surface area (Å²) < 4.78 is 7.11. The number of thioether (sulfide) groups is 1. The summed E-state index contributed by atoms with van der Waals surface area (Å²) in [6.07, 6.45) is 0. The molecule has 4 aromatic rings. The summed E-state index contributed by atoms with van der Waals surface area (Å²) in [5, 5.41) is 5.26. The summed E-state index contributed by atoms with van der Waals surface area (Å²) in [5.74, 6) is 1.86. The van der Waals surface area contributed by atoms with E-state index < -0.39 is 0 Å². The lowest BCUT2D eigenvalue weighted by Gasteiger charge is -2.19. The maximum Gasteiger partial charge on any atom is 0.262 e. The van der Waals surface area contributed by atoms with Gasteiger partial charge in [-0.15, -0.1) is 0 Å². The highest BCUT2D eigenvalue weighted by Crippen LogP contribution is 2.27. The summed E-state index contributed by atoms with van der Waals surface area (Å²) in [7, 11) is 0. The van der Waals surface area contributed by atoms with E-state index in [4.69, 9.17) is 9.51 Å². The topological polar surface area (TPSA) is 73.8 Å². The Morgan fingerprint density at radius 2 is 1.72 bits per heavy atom. The van der Waals surface area contributed by atoms with E-state index in [1.165, 1.54) is 11.8 Å². The summed E-state index contributed by atoms with van der Waals surface area (Å²) in [5.41, 5.74) is 1.68. The Labute approximate surface area is 173 Å². The van der Waals surface area contributed by atoms with Gasteiger partial charge in [-0.3, -0.25) is 9.36 Å². The first-order valence-corrected chi connectivity index (χ1v) is 10.5. The van der Waals surface area contributed by atoms with Crippen molar-refractivity contribution in [2.75, 3.05) is 0 Å². The third-order valence-electron chi connectivity index (χ3n) is 4.77. The monoisotopic (exact) mass is 406 g/mol. The molecule has 0 aliphatic heterocycles. The highest BCUT2D eigenvalue weighted by atomic mass is 32.2. The Kier molecular flexibility index (Phi) is 5.49. The van der Waals surface area contributed by atoms with Crippen molar-refractivity contribution in [1.29, 1.82) is 0 Å². The quantitative estimate of drug-likeness (QED) is 0.338. The Morgan fingerprint density at radius 1 is 1.00 bits per heavy atom. The Hall–Kier alpha value is -2.93. The summed E-state index contributed by atoms with van der Waals surface area (Å²) >= 11 is 1.43. The summed E-state index contributed by atoms with van der Waals surface area (Å²) in [4.78, 5) is 22.5. The Bertz CT molecular complexity index is 1180. The fourth-order valence-corrected chi connectivity index (χ4v) is 4.05. The van der Waals surface area contributed by atoms with Gasteiger partial charge in [0, 0.05) is 5.92 Å². The largest absolute Gasteiger partial charge is 0.338 e. The van der Waals surface area contributed by atoms with Crippen molar-refractivity contribution in [3.63, 3.8) is 0 Å². The molecule has 4 rings (SSSR count). The first kappa shape index (κ1) is 19.4. The van der Waals surface area contributed by atoms with E-state index in [1.54, 1.807) is 4.57 Å². The number of hydrogen-bond acceptors (Lipinski definition) is 6. The zero-order valence-electron chi connectivity index (χ0n) is 16.6. The molecule has 0 saturated heterocycles. The van der Waals surface area contributed by atoms with Crippen LogP contribution in [0.25, 0.3) is 10.9 Å². The fraction of sp³-hybridized carbons (Fsp3) is 0.273. The SMILES string of the molecule is CC(C)c1noc(CSc2nc3ccccc3c(=O)n2[C@H](C)c2ccccc2)n1. The van der Waals surface area contributed by atoms with Gasteiger partial charge < -0.3 is 4.52 Å². The molecule has 6 nitrogen and oxygen atoms in total. The molecule has 0 spiro atoms. The molecule has 0 saturated carbocycles. The lowest BCUT2D eigenvalue weighted by atomic mass is 10.1. The molecule has 7 heteroatoms. The normalized spacial score (nSPS) is 12.6. The van der Waals surface area contributed by atoms with Crippen molar-refractivity contribution >= 4 is 22.7 Å². The van der Waals surface area contributed by atoms with E-state index in [0.717, 1.165) is 5.56 Å². The highest BCUT2D eigenvalue weighted by Gasteiger charge is 2.19. The van der Waals surface area contributed by atoms with Gasteiger partial charge in [0.2, 0.25) is 5.89 Å². The van der Waals surface area contributed by atoms with E-state index in [0.29, 0.717) is 33.5 Å². The smallest absolute Gasteiger partial charge is 0.262 e. The predicted octanol–water partition coefficient (Wildman–Crippen LogP) is 4.80. The van der Waals surface area contributed by atoms with Crippen molar-refractivity contribution in [1.82, 2.24) is 19.7 Å². The minimum atomic E-state index is -0.155. The summed E-state index contributed by atoms with van der Waals surface area (Å²) in [6.45, 7) is 6.05. The van der Waals surface area contributed by atoms with Gasteiger partial charge in [0.05, 0.1) is 22.7 Å². The molecule has 0 N–H and O–H groups in total. The Balaban J connectivity index is 1.75. The number of nitrogens with zero attached hydrogens (tertiary/aromatic N) is 4. The second kappa shape index (κ2) is 8.21. The zero-order chi connectivity index (χ0) is 20.4. The average molecular weight is 407 g/mol. The van der Waals surface area contributed by atoms with Gasteiger partial charge in [-0.05, 0) is 24.6 Å². The van der Waals surface area contributed by atoms with E-state index in [2.05, 4.69) is 10.1 Å². The van der Waals surface area contributed by atoms with Crippen LogP contribution in [-0.2, 0) is 5.75 Å². The molecule has 2 aromatic heterocycles. The molecule has 29 heavy (non-hydrogen) atoms. The van der Waals surface area contributed by atoms with Crippen molar-refractivity contribution in [2.24, 2.45) is 0 Å². The van der Waals surface area contributed by atoms with Crippen molar-refractivity contribution in [3.8, 4) is 0 Å². The number of benzene rings is 2. The van der Waals surface area contributed by atoms with Crippen molar-refractivity contribution in [3.05, 3.63) is 82.2 Å². The lowest BCUT2D eigenvalue weighted by molar-refractivity contribution is 0.382. The average Bonchev–Trinajstić information content (AvgIpc) is 3.22. The molecule has 0 aliphatic rings. The molecule has 0 radical (unpaired) electrons. The molecule has 0 bridgehead atoms. The molecular weight excluding hydrogens is 384 g/mol. The second-order valence-corrected chi connectivity index (χ2v) is 8.11. The van der Waals surface area contributed by atoms with Crippen LogP contribution < -0.4 is 5.56 Å². The number of para-hydroxylation sites is 1. The molecule has 0 unspecified atom stereocenters. The zero-order valence-corrected chi connectivity index (χ0v) is 17.4. The van der Waals surface area contributed by atoms with Crippen LogP contribution in [-0.4, -0.2) is 19.7 Å². The number of hydrogen-bond donors (Lipinski definition) is 0. The maximum absolute atomic E-state index is 13.3. The van der Waals surface area contributed by atoms with Gasteiger partial charge >= 0.3 is 0 Å². The van der Waals surface area contributed by atoms with Crippen LogP contribution in [0.15, 0.2) is 69.1 Å². The van der Waals surface area contributed by atoms with Crippen LogP contribution in [0.2, 0.25) is 0 Å². The highest BCUT2D eigenvalue weighted by molar-refractivity contribution is 7.98. The predicted molar refractivity (Wildman–Crippen MR) is 114 cm³/mol. The first-order valence-electron chi connectivity index (χ1n) is 9.56. The van der Waals surface area contributed by atoms with E-state index in [9.17, 15) is 4.79 Å². The van der Waals surface area contributed by atoms with Gasteiger partial charge in [0.25, 0.3) is 5.56 Å². The fourth-order valence-electron chi connectivity index (χ4n) is 3.14. The minimum absolute atomic E-state index is 0.0529. The van der Waals surface area contributed by atoms with Crippen molar-refractivity contribution in [2.45, 2.75) is 43.6 Å². The van der Waals surface area contributed by atoms with Gasteiger partial charge in [-0.25, -0.2) is 4.98 Å². The molecule has 2 aromatic carbocycles. The van der Waals surface area contributed by atoms with Crippen LogP contribution in [0, 0.1) is 0 Å². The summed E-state index contributed by atoms with van der Waals surface area (Å²) in [6, 6.07) is 17.2. The van der Waals surface area contributed by atoms with E-state index in [-0.39, 0.29) is 17.5 Å². The van der Waals surface area contributed by atoms with Crippen LogP contribution >= 0.6 is 11.8 Å². The molecule has 0 fully saturated rings. The molecule has 1 atom stereocenters. The number of rotatable bonds is 6. The van der Waals surface area contributed by atoms with Gasteiger partial charge in [0.1, 0.15) is 0 Å². The van der Waals surface area contributed by atoms with Gasteiger partial charge in [-0.2, -0.15) is 4.98 Å². The number of fused-ring (bicyclic) bond motifs is 1. The molecule has 2 heterocycles. The van der Waals surface area contributed by atoms with Crippen LogP contribution in [0.5, 0.6) is 0 Å². The van der Waals surface area contributed by atoms with Gasteiger partial charge in [0.15, 0.2) is 11.0 Å².